The van der Waals surface area contributed by atoms with Crippen molar-refractivity contribution in [2.75, 3.05) is 0 Å². The van der Waals surface area contributed by atoms with Crippen molar-refractivity contribution in [2.24, 2.45) is 0 Å². The van der Waals surface area contributed by atoms with Crippen LogP contribution in [0.4, 0.5) is 0 Å². The molecule has 0 N–H and O–H groups in total. The fraction of sp³-hybridized carbons (Fsp3) is 0.370. The van der Waals surface area contributed by atoms with Gasteiger partial charge in [-0.25, -0.2) is 0 Å². The average Bonchev–Trinajstić information content (AvgIpc) is 2.76. The molecule has 0 spiro atoms. The van der Waals surface area contributed by atoms with E-state index in [4.69, 9.17) is 4.98 Å². The van der Waals surface area contributed by atoms with Crippen molar-refractivity contribution in [3.8, 4) is 22.4 Å². The predicted molar refractivity (Wildman–Crippen MR) is 122 cm³/mol. The zero-order valence-electron chi connectivity index (χ0n) is 17.5. The Labute approximate surface area is 170 Å². The van der Waals surface area contributed by atoms with Gasteiger partial charge in [-0.1, -0.05) is 94.1 Å². The Kier molecular flexibility index (Phi) is 7.84. The van der Waals surface area contributed by atoms with Crippen molar-refractivity contribution in [2.45, 2.75) is 65.2 Å². The number of nitrogens with zero attached hydrogens (tertiary/aromatic N) is 1. The summed E-state index contributed by atoms with van der Waals surface area (Å²) in [5.74, 6) is 0. The number of hydrogen-bond acceptors (Lipinski definition) is 1. The van der Waals surface area contributed by atoms with Crippen LogP contribution in [0, 0.1) is 0 Å². The number of aromatic nitrogens is 1. The van der Waals surface area contributed by atoms with Crippen LogP contribution in [0.5, 0.6) is 0 Å². The average molecular weight is 372 g/mol. The first-order valence-corrected chi connectivity index (χ1v) is 10.9. The molecule has 0 aliphatic rings. The van der Waals surface area contributed by atoms with Gasteiger partial charge >= 0.3 is 0 Å². The molecule has 0 fully saturated rings. The van der Waals surface area contributed by atoms with Crippen LogP contribution >= 0.6 is 0 Å². The smallest absolute Gasteiger partial charge is 0.0702 e. The lowest BCUT2D eigenvalue weighted by atomic mass is 10.00. The molecule has 0 saturated heterocycles. The Bertz CT molecular complexity index is 814. The fourth-order valence-electron chi connectivity index (χ4n) is 3.58. The molecular formula is C27H33N. The highest BCUT2D eigenvalue weighted by Gasteiger charge is 2.03. The third-order valence-electron chi connectivity index (χ3n) is 5.43. The molecule has 2 aromatic carbocycles. The molecule has 1 heterocycles. The summed E-state index contributed by atoms with van der Waals surface area (Å²) in [5, 5.41) is 0. The van der Waals surface area contributed by atoms with E-state index in [1.807, 2.05) is 6.20 Å². The van der Waals surface area contributed by atoms with E-state index in [1.165, 1.54) is 72.8 Å². The van der Waals surface area contributed by atoms with Gasteiger partial charge in [-0.05, 0) is 54.0 Å². The third-order valence-corrected chi connectivity index (χ3v) is 5.43. The van der Waals surface area contributed by atoms with Gasteiger partial charge in [0.25, 0.3) is 0 Å². The van der Waals surface area contributed by atoms with Crippen LogP contribution in [0.3, 0.4) is 0 Å². The number of unbranched alkanes of at least 4 members (excludes halogenated alkanes) is 4. The minimum Gasteiger partial charge on any atom is -0.256 e. The summed E-state index contributed by atoms with van der Waals surface area (Å²) in [6.07, 6.45) is 12.1. The summed E-state index contributed by atoms with van der Waals surface area (Å²) in [6, 6.07) is 22.2. The van der Waals surface area contributed by atoms with Gasteiger partial charge in [-0.3, -0.25) is 4.98 Å². The van der Waals surface area contributed by atoms with Gasteiger partial charge in [0.1, 0.15) is 0 Å². The van der Waals surface area contributed by atoms with Crippen molar-refractivity contribution in [1.29, 1.82) is 0 Å². The van der Waals surface area contributed by atoms with Gasteiger partial charge in [-0.2, -0.15) is 0 Å². The maximum absolute atomic E-state index is 4.69. The monoisotopic (exact) mass is 371 g/mol. The van der Waals surface area contributed by atoms with Crippen LogP contribution < -0.4 is 0 Å². The molecule has 0 amide bonds. The van der Waals surface area contributed by atoms with E-state index in [9.17, 15) is 0 Å². The lowest BCUT2D eigenvalue weighted by Crippen LogP contribution is -1.90. The van der Waals surface area contributed by atoms with Crippen molar-refractivity contribution < 1.29 is 0 Å². The second-order valence-corrected chi connectivity index (χ2v) is 7.74. The Morgan fingerprint density at radius 1 is 0.536 bits per heavy atom. The van der Waals surface area contributed by atoms with E-state index in [1.54, 1.807) is 0 Å². The van der Waals surface area contributed by atoms with Gasteiger partial charge in [0.2, 0.25) is 0 Å². The lowest BCUT2D eigenvalue weighted by Gasteiger charge is -2.07. The molecule has 0 atom stereocenters. The largest absolute Gasteiger partial charge is 0.256 e. The summed E-state index contributed by atoms with van der Waals surface area (Å²) in [6.45, 7) is 4.50. The summed E-state index contributed by atoms with van der Waals surface area (Å²) >= 11 is 0. The van der Waals surface area contributed by atoms with E-state index < -0.39 is 0 Å². The van der Waals surface area contributed by atoms with Crippen molar-refractivity contribution >= 4 is 0 Å². The number of rotatable bonds is 10. The molecule has 1 nitrogen and oxygen atoms in total. The summed E-state index contributed by atoms with van der Waals surface area (Å²) in [4.78, 5) is 4.69. The number of pyridine rings is 1. The zero-order chi connectivity index (χ0) is 19.6. The maximum atomic E-state index is 4.69. The minimum atomic E-state index is 1.05. The molecule has 1 aromatic heterocycles. The molecule has 0 aliphatic carbocycles. The topological polar surface area (TPSA) is 12.9 Å². The van der Waals surface area contributed by atoms with Gasteiger partial charge in [-0.15, -0.1) is 0 Å². The molecule has 0 aliphatic heterocycles. The molecule has 0 unspecified atom stereocenters. The third kappa shape index (κ3) is 5.79. The van der Waals surface area contributed by atoms with Crippen LogP contribution in [-0.4, -0.2) is 4.98 Å². The maximum Gasteiger partial charge on any atom is 0.0702 e. The first-order chi connectivity index (χ1) is 13.8. The van der Waals surface area contributed by atoms with E-state index in [0.717, 1.165) is 12.1 Å². The molecule has 3 rings (SSSR count). The number of hydrogen-bond donors (Lipinski definition) is 0. The Morgan fingerprint density at radius 2 is 1.11 bits per heavy atom. The molecule has 146 valence electrons. The number of benzene rings is 2. The van der Waals surface area contributed by atoms with Crippen LogP contribution in [-0.2, 0) is 12.8 Å². The van der Waals surface area contributed by atoms with Crippen LogP contribution in [0.15, 0.2) is 66.9 Å². The standard InChI is InChI=1S/C27H33N/c1-3-5-7-8-10-23-13-20-27(28-21-23)26-18-16-25(17-19-26)24-14-11-22(12-15-24)9-6-4-2/h11-21H,3-10H2,1-2H3. The Morgan fingerprint density at radius 3 is 1.71 bits per heavy atom. The highest BCUT2D eigenvalue weighted by atomic mass is 14.7. The van der Waals surface area contributed by atoms with Gasteiger partial charge in [0, 0.05) is 11.8 Å². The Balaban J connectivity index is 1.62. The predicted octanol–water partition coefficient (Wildman–Crippen LogP) is 7.88. The highest BCUT2D eigenvalue weighted by Crippen LogP contribution is 2.25. The van der Waals surface area contributed by atoms with Gasteiger partial charge in [0.15, 0.2) is 0 Å². The van der Waals surface area contributed by atoms with Crippen molar-refractivity contribution in [1.82, 2.24) is 4.98 Å². The lowest BCUT2D eigenvalue weighted by molar-refractivity contribution is 0.666. The van der Waals surface area contributed by atoms with Crippen molar-refractivity contribution in [3.63, 3.8) is 0 Å². The summed E-state index contributed by atoms with van der Waals surface area (Å²) < 4.78 is 0. The second-order valence-electron chi connectivity index (χ2n) is 7.74. The number of aryl methyl sites for hydroxylation is 2. The first kappa shape index (κ1) is 20.3. The highest BCUT2D eigenvalue weighted by molar-refractivity contribution is 5.69. The summed E-state index contributed by atoms with van der Waals surface area (Å²) in [5.41, 5.74) is 7.56. The van der Waals surface area contributed by atoms with Crippen LogP contribution in [0.25, 0.3) is 22.4 Å². The quantitative estimate of drug-likeness (QED) is 0.330. The Hall–Kier alpha value is -2.41. The van der Waals surface area contributed by atoms with Gasteiger partial charge < -0.3 is 0 Å². The van der Waals surface area contributed by atoms with Crippen molar-refractivity contribution in [3.05, 3.63) is 78.0 Å². The van der Waals surface area contributed by atoms with Crippen LogP contribution in [0.1, 0.15) is 63.5 Å². The van der Waals surface area contributed by atoms with E-state index in [0.29, 0.717) is 0 Å². The molecule has 3 aromatic rings. The molecule has 1 heteroatoms. The zero-order valence-corrected chi connectivity index (χ0v) is 17.5. The fourth-order valence-corrected chi connectivity index (χ4v) is 3.58. The van der Waals surface area contributed by atoms with E-state index >= 15 is 0 Å². The SMILES string of the molecule is CCCCCCc1ccc(-c2ccc(-c3ccc(CCCC)cc3)cc2)nc1. The normalized spacial score (nSPS) is 10.9. The molecule has 28 heavy (non-hydrogen) atoms. The molecular weight excluding hydrogens is 338 g/mol. The molecule has 0 bridgehead atoms. The van der Waals surface area contributed by atoms with E-state index in [-0.39, 0.29) is 0 Å². The first-order valence-electron chi connectivity index (χ1n) is 10.9. The van der Waals surface area contributed by atoms with Gasteiger partial charge in [0.05, 0.1) is 5.69 Å². The molecule has 0 radical (unpaired) electrons. The van der Waals surface area contributed by atoms with E-state index in [2.05, 4.69) is 74.5 Å². The second kappa shape index (κ2) is 10.8. The minimum absolute atomic E-state index is 1.05. The molecule has 0 saturated carbocycles. The summed E-state index contributed by atoms with van der Waals surface area (Å²) in [7, 11) is 0. The van der Waals surface area contributed by atoms with Crippen LogP contribution in [0.2, 0.25) is 0 Å².